The van der Waals surface area contributed by atoms with Crippen LogP contribution in [0.2, 0.25) is 0 Å². The molecule has 1 aliphatic rings. The summed E-state index contributed by atoms with van der Waals surface area (Å²) >= 11 is 0. The van der Waals surface area contributed by atoms with Gasteiger partial charge in [-0.25, -0.2) is 4.79 Å². The minimum absolute atomic E-state index is 0.104. The number of fused-ring (bicyclic) bond motifs is 1. The molecule has 0 aliphatic carbocycles. The summed E-state index contributed by atoms with van der Waals surface area (Å²) in [7, 11) is -2.47. The van der Waals surface area contributed by atoms with Gasteiger partial charge in [-0.05, 0) is 25.8 Å². The van der Waals surface area contributed by atoms with E-state index in [1.54, 1.807) is 19.4 Å². The molecular weight excluding hydrogens is 263 g/mol. The molecule has 0 spiro atoms. The molecule has 2 atom stereocenters. The Morgan fingerprint density at radius 2 is 2.05 bits per heavy atom. The van der Waals surface area contributed by atoms with Crippen LogP contribution in [0.1, 0.15) is 41.8 Å². The van der Waals surface area contributed by atoms with Crippen molar-refractivity contribution in [3.05, 3.63) is 35.4 Å². The molecule has 5 heteroatoms. The van der Waals surface area contributed by atoms with Crippen LogP contribution in [-0.2, 0) is 13.8 Å². The van der Waals surface area contributed by atoms with Crippen molar-refractivity contribution in [1.29, 1.82) is 0 Å². The molecule has 0 amide bonds. The maximum Gasteiger partial charge on any atom is 0.339 e. The Kier molecular flexibility index (Phi) is 4.12. The zero-order valence-electron chi connectivity index (χ0n) is 11.5. The van der Waals surface area contributed by atoms with Gasteiger partial charge in [-0.3, -0.25) is 4.57 Å². The van der Waals surface area contributed by atoms with E-state index in [4.69, 9.17) is 9.26 Å². The summed E-state index contributed by atoms with van der Waals surface area (Å²) in [6, 6.07) is 7.43. The maximum absolute atomic E-state index is 11.7. The van der Waals surface area contributed by atoms with Gasteiger partial charge in [0.05, 0.1) is 11.7 Å². The molecule has 1 aromatic rings. The van der Waals surface area contributed by atoms with Crippen molar-refractivity contribution in [2.24, 2.45) is 0 Å². The Morgan fingerprint density at radius 1 is 1.37 bits per heavy atom. The highest BCUT2D eigenvalue weighted by atomic mass is 31.2. The molecule has 1 heterocycles. The summed E-state index contributed by atoms with van der Waals surface area (Å²) in [6.07, 6.45) is 1.08. The van der Waals surface area contributed by atoms with Gasteiger partial charge < -0.3 is 9.26 Å². The molecule has 1 unspecified atom stereocenters. The molecule has 0 radical (unpaired) electrons. The van der Waals surface area contributed by atoms with Crippen LogP contribution in [0.5, 0.6) is 0 Å². The first kappa shape index (κ1) is 14.3. The first-order valence-electron chi connectivity index (χ1n) is 6.40. The van der Waals surface area contributed by atoms with Crippen LogP contribution >= 0.6 is 7.37 Å². The number of hydrogen-bond donors (Lipinski definition) is 0. The van der Waals surface area contributed by atoms with Crippen molar-refractivity contribution in [2.45, 2.75) is 32.0 Å². The highest BCUT2D eigenvalue weighted by Crippen LogP contribution is 2.41. The van der Waals surface area contributed by atoms with E-state index in [1.807, 2.05) is 25.1 Å². The number of rotatable bonds is 5. The van der Waals surface area contributed by atoms with E-state index in [-0.39, 0.29) is 18.2 Å². The second kappa shape index (κ2) is 5.48. The van der Waals surface area contributed by atoms with Gasteiger partial charge in [0, 0.05) is 18.9 Å². The quantitative estimate of drug-likeness (QED) is 0.611. The summed E-state index contributed by atoms with van der Waals surface area (Å²) in [6.45, 7) is 5.10. The maximum atomic E-state index is 11.7. The highest BCUT2D eigenvalue weighted by Gasteiger charge is 2.30. The third kappa shape index (κ3) is 3.68. The number of carbonyl (C=O) groups excluding carboxylic acids is 1. The van der Waals surface area contributed by atoms with E-state index in [1.165, 1.54) is 0 Å². The van der Waals surface area contributed by atoms with Crippen molar-refractivity contribution >= 4 is 13.3 Å². The fourth-order valence-electron chi connectivity index (χ4n) is 2.31. The molecule has 2 rings (SSSR count). The van der Waals surface area contributed by atoms with Crippen LogP contribution in [0, 0.1) is 0 Å². The molecule has 19 heavy (non-hydrogen) atoms. The minimum Gasteiger partial charge on any atom is -0.454 e. The van der Waals surface area contributed by atoms with Crippen LogP contribution < -0.4 is 0 Å². The first-order chi connectivity index (χ1) is 8.87. The second-order valence-corrected chi connectivity index (χ2v) is 7.94. The SMILES string of the molecule is CC(CC[C@@H]1OC(=O)c2ccccc21)OP(C)(C)=O. The Balaban J connectivity index is 1.95. The van der Waals surface area contributed by atoms with Crippen molar-refractivity contribution in [3.63, 3.8) is 0 Å². The summed E-state index contributed by atoms with van der Waals surface area (Å²) < 4.78 is 22.3. The first-order valence-corrected chi connectivity index (χ1v) is 8.92. The van der Waals surface area contributed by atoms with Gasteiger partial charge in [-0.15, -0.1) is 0 Å². The van der Waals surface area contributed by atoms with E-state index < -0.39 is 7.37 Å². The van der Waals surface area contributed by atoms with Gasteiger partial charge in [0.1, 0.15) is 6.10 Å². The standard InChI is InChI=1S/C14H19O4P/c1-10(18-19(2,3)16)8-9-13-11-6-4-5-7-12(11)14(15)17-13/h4-7,10,13H,8-9H2,1-3H3/t10?,13-/m0/s1. The Hall–Kier alpha value is -1.12. The topological polar surface area (TPSA) is 52.6 Å². The molecule has 0 N–H and O–H groups in total. The van der Waals surface area contributed by atoms with Gasteiger partial charge in [0.2, 0.25) is 0 Å². The van der Waals surface area contributed by atoms with Gasteiger partial charge >= 0.3 is 5.97 Å². The van der Waals surface area contributed by atoms with Crippen LogP contribution in [-0.4, -0.2) is 25.4 Å². The number of ether oxygens (including phenoxy) is 1. The Bertz CT molecular complexity index is 520. The van der Waals surface area contributed by atoms with Crippen LogP contribution in [0.4, 0.5) is 0 Å². The summed E-state index contributed by atoms with van der Waals surface area (Å²) in [5, 5.41) is 0. The largest absolute Gasteiger partial charge is 0.454 e. The summed E-state index contributed by atoms with van der Waals surface area (Å²) in [5.74, 6) is -0.258. The lowest BCUT2D eigenvalue weighted by Gasteiger charge is -2.18. The number of esters is 1. The van der Waals surface area contributed by atoms with Gasteiger partial charge in [-0.2, -0.15) is 0 Å². The second-order valence-electron chi connectivity index (χ2n) is 5.23. The monoisotopic (exact) mass is 282 g/mol. The minimum atomic E-state index is -2.47. The molecule has 0 saturated carbocycles. The number of cyclic esters (lactones) is 1. The molecular formula is C14H19O4P. The van der Waals surface area contributed by atoms with Crippen LogP contribution in [0.25, 0.3) is 0 Å². The number of hydrogen-bond acceptors (Lipinski definition) is 4. The molecule has 1 aromatic carbocycles. The normalized spacial score (nSPS) is 19.9. The zero-order chi connectivity index (χ0) is 14.0. The molecule has 0 bridgehead atoms. The third-order valence-corrected chi connectivity index (χ3v) is 3.91. The van der Waals surface area contributed by atoms with Crippen LogP contribution in [0.3, 0.4) is 0 Å². The smallest absolute Gasteiger partial charge is 0.339 e. The molecule has 104 valence electrons. The lowest BCUT2D eigenvalue weighted by molar-refractivity contribution is 0.0341. The van der Waals surface area contributed by atoms with E-state index in [0.29, 0.717) is 18.4 Å². The lowest BCUT2D eigenvalue weighted by atomic mass is 10.0. The number of benzene rings is 1. The summed E-state index contributed by atoms with van der Waals surface area (Å²) in [4.78, 5) is 11.7. The van der Waals surface area contributed by atoms with Gasteiger partial charge in [0.25, 0.3) is 0 Å². The fraction of sp³-hybridized carbons (Fsp3) is 0.500. The van der Waals surface area contributed by atoms with Gasteiger partial charge in [0.15, 0.2) is 7.37 Å². The van der Waals surface area contributed by atoms with Crippen molar-refractivity contribution in [2.75, 3.05) is 13.3 Å². The predicted molar refractivity (Wildman–Crippen MR) is 73.8 cm³/mol. The Morgan fingerprint density at radius 3 is 2.74 bits per heavy atom. The molecule has 1 aliphatic heterocycles. The number of carbonyl (C=O) groups is 1. The molecule has 0 aromatic heterocycles. The van der Waals surface area contributed by atoms with Crippen molar-refractivity contribution < 1.29 is 18.6 Å². The van der Waals surface area contributed by atoms with E-state index >= 15 is 0 Å². The van der Waals surface area contributed by atoms with E-state index in [0.717, 1.165) is 5.56 Å². The average molecular weight is 282 g/mol. The molecule has 4 nitrogen and oxygen atoms in total. The molecule has 0 saturated heterocycles. The lowest BCUT2D eigenvalue weighted by Crippen LogP contribution is -2.09. The van der Waals surface area contributed by atoms with Crippen molar-refractivity contribution in [1.82, 2.24) is 0 Å². The summed E-state index contributed by atoms with van der Waals surface area (Å²) in [5.41, 5.74) is 1.59. The van der Waals surface area contributed by atoms with Gasteiger partial charge in [-0.1, -0.05) is 18.2 Å². The fourth-order valence-corrected chi connectivity index (χ4v) is 3.28. The third-order valence-electron chi connectivity index (χ3n) is 3.05. The molecule has 0 fully saturated rings. The van der Waals surface area contributed by atoms with Crippen LogP contribution in [0.15, 0.2) is 24.3 Å². The Labute approximate surface area is 113 Å². The van der Waals surface area contributed by atoms with E-state index in [2.05, 4.69) is 0 Å². The highest BCUT2D eigenvalue weighted by molar-refractivity contribution is 7.57. The zero-order valence-corrected chi connectivity index (χ0v) is 12.4. The predicted octanol–water partition coefficient (Wildman–Crippen LogP) is 3.62. The van der Waals surface area contributed by atoms with E-state index in [9.17, 15) is 9.36 Å². The van der Waals surface area contributed by atoms with Crippen molar-refractivity contribution in [3.8, 4) is 0 Å². The average Bonchev–Trinajstić information content (AvgIpc) is 2.62.